The lowest BCUT2D eigenvalue weighted by molar-refractivity contribution is 0.0934. The van der Waals surface area contributed by atoms with E-state index in [9.17, 15) is 4.79 Å². The fourth-order valence-corrected chi connectivity index (χ4v) is 3.09. The second-order valence-electron chi connectivity index (χ2n) is 6.36. The van der Waals surface area contributed by atoms with Gasteiger partial charge in [0.15, 0.2) is 0 Å². The van der Waals surface area contributed by atoms with Gasteiger partial charge in [0.2, 0.25) is 0 Å². The summed E-state index contributed by atoms with van der Waals surface area (Å²) in [7, 11) is 0. The predicted molar refractivity (Wildman–Crippen MR) is 88.8 cm³/mol. The number of carbonyl (C=O) groups is 1. The number of rotatable bonds is 4. The summed E-state index contributed by atoms with van der Waals surface area (Å²) in [5.74, 6) is 0.859. The van der Waals surface area contributed by atoms with Crippen LogP contribution in [-0.4, -0.2) is 18.5 Å². The van der Waals surface area contributed by atoms with Crippen molar-refractivity contribution in [2.75, 3.05) is 11.9 Å². The zero-order valence-corrected chi connectivity index (χ0v) is 13.5. The first-order valence-corrected chi connectivity index (χ1v) is 8.25. The van der Waals surface area contributed by atoms with Gasteiger partial charge in [-0.1, -0.05) is 31.4 Å². The minimum atomic E-state index is 0.0641. The first-order chi connectivity index (χ1) is 10.1. The minimum Gasteiger partial charge on any atom is -0.385 e. The summed E-state index contributed by atoms with van der Waals surface area (Å²) in [4.78, 5) is 12.6. The Kier molecular flexibility index (Phi) is 5.66. The van der Waals surface area contributed by atoms with Crippen molar-refractivity contribution in [3.8, 4) is 0 Å². The molecule has 1 saturated carbocycles. The quantitative estimate of drug-likeness (QED) is 0.818. The largest absolute Gasteiger partial charge is 0.385 e. The number of hydrogen-bond donors (Lipinski definition) is 2. The van der Waals surface area contributed by atoms with Gasteiger partial charge in [-0.25, -0.2) is 0 Å². The molecule has 0 bridgehead atoms. The molecule has 3 nitrogen and oxygen atoms in total. The number of hydrogen-bond acceptors (Lipinski definition) is 2. The van der Waals surface area contributed by atoms with Gasteiger partial charge >= 0.3 is 0 Å². The average molecular weight is 288 g/mol. The van der Waals surface area contributed by atoms with Crippen LogP contribution in [0.5, 0.6) is 0 Å². The molecule has 3 heteroatoms. The van der Waals surface area contributed by atoms with E-state index in [4.69, 9.17) is 0 Å². The molecule has 116 valence electrons. The third-order valence-electron chi connectivity index (χ3n) is 4.38. The number of benzene rings is 1. The molecule has 0 aromatic heterocycles. The summed E-state index contributed by atoms with van der Waals surface area (Å²) in [6, 6.07) is 6.36. The first kappa shape index (κ1) is 15.9. The van der Waals surface area contributed by atoms with Gasteiger partial charge in [-0.15, -0.1) is 0 Å². The summed E-state index contributed by atoms with van der Waals surface area (Å²) in [5, 5.41) is 6.52. The van der Waals surface area contributed by atoms with Crippen molar-refractivity contribution in [2.45, 2.75) is 58.9 Å². The molecular weight excluding hydrogens is 260 g/mol. The Bertz CT molecular complexity index is 484. The molecule has 0 saturated heterocycles. The molecule has 1 aromatic rings. The normalized spacial score (nSPS) is 22.4. The number of aryl methyl sites for hydroxylation is 1. The molecule has 0 heterocycles. The number of amides is 1. The summed E-state index contributed by atoms with van der Waals surface area (Å²) in [5.41, 5.74) is 2.83. The Balaban J connectivity index is 2.07. The third-order valence-corrected chi connectivity index (χ3v) is 4.38. The molecule has 2 unspecified atom stereocenters. The van der Waals surface area contributed by atoms with E-state index >= 15 is 0 Å². The molecule has 1 aliphatic rings. The van der Waals surface area contributed by atoms with Gasteiger partial charge in [-0.3, -0.25) is 4.79 Å². The van der Waals surface area contributed by atoms with Gasteiger partial charge in [0, 0.05) is 18.3 Å². The molecule has 0 spiro atoms. The van der Waals surface area contributed by atoms with Crippen LogP contribution in [0.2, 0.25) is 0 Å². The zero-order valence-electron chi connectivity index (χ0n) is 13.5. The molecule has 0 radical (unpaired) electrons. The minimum absolute atomic E-state index is 0.0641. The lowest BCUT2D eigenvalue weighted by Gasteiger charge is -2.18. The van der Waals surface area contributed by atoms with E-state index in [2.05, 4.69) is 17.6 Å². The topological polar surface area (TPSA) is 41.1 Å². The van der Waals surface area contributed by atoms with Crippen molar-refractivity contribution in [3.05, 3.63) is 29.3 Å². The smallest absolute Gasteiger partial charge is 0.253 e. The van der Waals surface area contributed by atoms with Crippen LogP contribution >= 0.6 is 0 Å². The highest BCUT2D eigenvalue weighted by Crippen LogP contribution is 2.24. The maximum atomic E-state index is 12.6. The fraction of sp³-hybridized carbons (Fsp3) is 0.611. The highest BCUT2D eigenvalue weighted by Gasteiger charge is 2.20. The predicted octanol–water partition coefficient (Wildman–Crippen LogP) is 4.13. The molecule has 1 fully saturated rings. The fourth-order valence-electron chi connectivity index (χ4n) is 3.09. The van der Waals surface area contributed by atoms with Gasteiger partial charge < -0.3 is 10.6 Å². The Morgan fingerprint density at radius 2 is 2.05 bits per heavy atom. The van der Waals surface area contributed by atoms with E-state index in [-0.39, 0.29) is 5.91 Å². The van der Waals surface area contributed by atoms with Gasteiger partial charge in [-0.2, -0.15) is 0 Å². The second-order valence-corrected chi connectivity index (χ2v) is 6.36. The molecule has 2 atom stereocenters. The molecule has 0 aliphatic heterocycles. The molecule has 2 N–H and O–H groups in total. The maximum Gasteiger partial charge on any atom is 0.253 e. The van der Waals surface area contributed by atoms with Crippen molar-refractivity contribution >= 4 is 11.6 Å². The second kappa shape index (κ2) is 7.48. The summed E-state index contributed by atoms with van der Waals surface area (Å²) in [6.45, 7) is 7.21. The van der Waals surface area contributed by atoms with E-state index in [1.807, 2.05) is 32.0 Å². The van der Waals surface area contributed by atoms with Crippen LogP contribution in [0.15, 0.2) is 18.2 Å². The van der Waals surface area contributed by atoms with Crippen LogP contribution in [0.1, 0.15) is 61.9 Å². The number of carbonyl (C=O) groups excluding carboxylic acids is 1. The molecule has 1 aromatic carbocycles. The van der Waals surface area contributed by atoms with E-state index in [0.717, 1.165) is 42.1 Å². The Morgan fingerprint density at radius 3 is 2.81 bits per heavy atom. The SMILES string of the molecule is CCNc1ccc(C)cc1C(=O)NC1CCCC(C)CC1. The molecule has 1 amide bonds. The lowest BCUT2D eigenvalue weighted by atomic mass is 10.0. The van der Waals surface area contributed by atoms with E-state index in [1.54, 1.807) is 0 Å². The molecule has 1 aliphatic carbocycles. The molecular formula is C18H28N2O. The Morgan fingerprint density at radius 1 is 1.24 bits per heavy atom. The van der Waals surface area contributed by atoms with Crippen LogP contribution in [0.25, 0.3) is 0 Å². The van der Waals surface area contributed by atoms with Gasteiger partial charge in [0.05, 0.1) is 5.56 Å². The summed E-state index contributed by atoms with van der Waals surface area (Å²) in [6.07, 6.45) is 5.95. The van der Waals surface area contributed by atoms with Crippen LogP contribution in [-0.2, 0) is 0 Å². The van der Waals surface area contributed by atoms with E-state index < -0.39 is 0 Å². The van der Waals surface area contributed by atoms with E-state index in [0.29, 0.717) is 6.04 Å². The Labute approximate surface area is 128 Å². The van der Waals surface area contributed by atoms with Crippen molar-refractivity contribution in [1.29, 1.82) is 0 Å². The highest BCUT2D eigenvalue weighted by molar-refractivity contribution is 6.00. The molecule has 21 heavy (non-hydrogen) atoms. The van der Waals surface area contributed by atoms with Crippen molar-refractivity contribution < 1.29 is 4.79 Å². The van der Waals surface area contributed by atoms with E-state index in [1.165, 1.54) is 19.3 Å². The molecule has 2 rings (SSSR count). The third kappa shape index (κ3) is 4.48. The average Bonchev–Trinajstić information content (AvgIpc) is 2.66. The zero-order chi connectivity index (χ0) is 15.2. The Hall–Kier alpha value is -1.51. The van der Waals surface area contributed by atoms with Crippen LogP contribution in [0.3, 0.4) is 0 Å². The number of anilines is 1. The van der Waals surface area contributed by atoms with Crippen molar-refractivity contribution in [3.63, 3.8) is 0 Å². The van der Waals surface area contributed by atoms with Crippen molar-refractivity contribution in [1.82, 2.24) is 5.32 Å². The van der Waals surface area contributed by atoms with Gasteiger partial charge in [0.25, 0.3) is 5.91 Å². The summed E-state index contributed by atoms with van der Waals surface area (Å²) < 4.78 is 0. The number of nitrogens with one attached hydrogen (secondary N) is 2. The van der Waals surface area contributed by atoms with Gasteiger partial charge in [-0.05, 0) is 51.2 Å². The highest BCUT2D eigenvalue weighted by atomic mass is 16.1. The summed E-state index contributed by atoms with van der Waals surface area (Å²) >= 11 is 0. The van der Waals surface area contributed by atoms with Crippen LogP contribution in [0, 0.1) is 12.8 Å². The maximum absolute atomic E-state index is 12.6. The van der Waals surface area contributed by atoms with Gasteiger partial charge in [0.1, 0.15) is 0 Å². The van der Waals surface area contributed by atoms with Crippen molar-refractivity contribution in [2.24, 2.45) is 5.92 Å². The van der Waals surface area contributed by atoms with Crippen LogP contribution in [0.4, 0.5) is 5.69 Å². The first-order valence-electron chi connectivity index (χ1n) is 8.25. The monoisotopic (exact) mass is 288 g/mol. The van der Waals surface area contributed by atoms with Crippen LogP contribution < -0.4 is 10.6 Å². The lowest BCUT2D eigenvalue weighted by Crippen LogP contribution is -2.34. The standard InChI is InChI=1S/C18H28N2O/c1-4-19-17-11-9-14(3)12-16(17)18(21)20-15-7-5-6-13(2)8-10-15/h9,11-13,15,19H,4-8,10H2,1-3H3,(H,20,21).